The summed E-state index contributed by atoms with van der Waals surface area (Å²) < 4.78 is 0.836. The molecule has 0 atom stereocenters. The zero-order chi connectivity index (χ0) is 13.0. The molecule has 1 aromatic carbocycles. The maximum Gasteiger partial charge on any atom is 0.273 e. The van der Waals surface area contributed by atoms with E-state index >= 15 is 0 Å². The molecule has 1 heterocycles. The molecule has 0 unspecified atom stereocenters. The zero-order valence-electron chi connectivity index (χ0n) is 9.30. The SMILES string of the molecule is O=[N+]([O-])c1ccc(Br)cc1CNCc1cncs1. The van der Waals surface area contributed by atoms with Gasteiger partial charge in [0.05, 0.1) is 10.4 Å². The number of nitrogens with zero attached hydrogens (tertiary/aromatic N) is 2. The Morgan fingerprint density at radius 2 is 2.28 bits per heavy atom. The van der Waals surface area contributed by atoms with E-state index in [4.69, 9.17) is 0 Å². The smallest absolute Gasteiger partial charge is 0.273 e. The van der Waals surface area contributed by atoms with Crippen molar-refractivity contribution in [1.82, 2.24) is 10.3 Å². The van der Waals surface area contributed by atoms with E-state index in [2.05, 4.69) is 26.2 Å². The second-order valence-corrected chi connectivity index (χ2v) is 5.49. The summed E-state index contributed by atoms with van der Waals surface area (Å²) in [5.74, 6) is 0. The summed E-state index contributed by atoms with van der Waals surface area (Å²) in [7, 11) is 0. The van der Waals surface area contributed by atoms with Crippen LogP contribution in [0.2, 0.25) is 0 Å². The first-order valence-electron chi connectivity index (χ1n) is 5.17. The zero-order valence-corrected chi connectivity index (χ0v) is 11.7. The summed E-state index contributed by atoms with van der Waals surface area (Å²) in [5.41, 5.74) is 2.56. The van der Waals surface area contributed by atoms with Crippen molar-refractivity contribution in [2.24, 2.45) is 0 Å². The Labute approximate surface area is 116 Å². The fourth-order valence-corrected chi connectivity index (χ4v) is 2.50. The number of aromatic nitrogens is 1. The highest BCUT2D eigenvalue weighted by Gasteiger charge is 2.13. The van der Waals surface area contributed by atoms with Gasteiger partial charge in [0.1, 0.15) is 0 Å². The quantitative estimate of drug-likeness (QED) is 0.676. The van der Waals surface area contributed by atoms with Crippen LogP contribution < -0.4 is 5.32 Å². The first-order valence-corrected chi connectivity index (χ1v) is 6.85. The Kier molecular flexibility index (Phi) is 4.40. The summed E-state index contributed by atoms with van der Waals surface area (Å²) in [6.07, 6.45) is 1.78. The summed E-state index contributed by atoms with van der Waals surface area (Å²) >= 11 is 4.87. The van der Waals surface area contributed by atoms with Crippen molar-refractivity contribution in [3.8, 4) is 0 Å². The van der Waals surface area contributed by atoms with Gasteiger partial charge in [0.2, 0.25) is 0 Å². The van der Waals surface area contributed by atoms with Gasteiger partial charge in [0, 0.05) is 40.3 Å². The van der Waals surface area contributed by atoms with Crippen molar-refractivity contribution < 1.29 is 4.92 Å². The van der Waals surface area contributed by atoms with E-state index < -0.39 is 0 Å². The van der Waals surface area contributed by atoms with E-state index in [9.17, 15) is 10.1 Å². The van der Waals surface area contributed by atoms with Gasteiger partial charge < -0.3 is 5.32 Å². The van der Waals surface area contributed by atoms with E-state index in [1.807, 2.05) is 0 Å². The van der Waals surface area contributed by atoms with Crippen LogP contribution in [0.1, 0.15) is 10.4 Å². The van der Waals surface area contributed by atoms with Crippen molar-refractivity contribution in [3.05, 3.63) is 54.9 Å². The minimum atomic E-state index is -0.365. The molecule has 0 spiro atoms. The third-order valence-electron chi connectivity index (χ3n) is 2.34. The second-order valence-electron chi connectivity index (χ2n) is 3.60. The number of halogens is 1. The van der Waals surface area contributed by atoms with Crippen molar-refractivity contribution in [3.63, 3.8) is 0 Å². The predicted molar refractivity (Wildman–Crippen MR) is 73.5 cm³/mol. The van der Waals surface area contributed by atoms with Crippen molar-refractivity contribution in [2.75, 3.05) is 0 Å². The monoisotopic (exact) mass is 327 g/mol. The Bertz CT molecular complexity index is 545. The third-order valence-corrected chi connectivity index (χ3v) is 3.61. The number of hydrogen-bond acceptors (Lipinski definition) is 5. The van der Waals surface area contributed by atoms with Crippen LogP contribution >= 0.6 is 27.3 Å². The van der Waals surface area contributed by atoms with Crippen molar-refractivity contribution >= 4 is 33.0 Å². The van der Waals surface area contributed by atoms with Gasteiger partial charge in [-0.25, -0.2) is 0 Å². The first kappa shape index (κ1) is 13.1. The van der Waals surface area contributed by atoms with Gasteiger partial charge in [-0.05, 0) is 12.1 Å². The maximum atomic E-state index is 10.9. The molecule has 2 aromatic rings. The maximum absolute atomic E-state index is 10.9. The molecule has 2 rings (SSSR count). The number of hydrogen-bond donors (Lipinski definition) is 1. The van der Waals surface area contributed by atoms with E-state index in [-0.39, 0.29) is 10.6 Å². The molecule has 18 heavy (non-hydrogen) atoms. The molecule has 0 aliphatic heterocycles. The number of nitro groups is 1. The summed E-state index contributed by atoms with van der Waals surface area (Å²) in [5, 5.41) is 14.1. The minimum Gasteiger partial charge on any atom is -0.307 e. The van der Waals surface area contributed by atoms with Crippen LogP contribution in [-0.4, -0.2) is 9.91 Å². The third kappa shape index (κ3) is 3.34. The molecule has 7 heteroatoms. The molecule has 94 valence electrons. The van der Waals surface area contributed by atoms with E-state index in [0.717, 1.165) is 9.35 Å². The lowest BCUT2D eigenvalue weighted by atomic mass is 10.2. The molecule has 5 nitrogen and oxygen atoms in total. The molecule has 0 aliphatic carbocycles. The van der Waals surface area contributed by atoms with Gasteiger partial charge in [-0.2, -0.15) is 0 Å². The van der Waals surface area contributed by atoms with Crippen LogP contribution in [0.5, 0.6) is 0 Å². The van der Waals surface area contributed by atoms with Gasteiger partial charge >= 0.3 is 0 Å². The standard InChI is InChI=1S/C11H10BrN3O2S/c12-9-1-2-11(15(16)17)8(3-9)4-13-5-10-6-14-7-18-10/h1-3,6-7,13H,4-5H2. The van der Waals surface area contributed by atoms with E-state index in [0.29, 0.717) is 18.7 Å². The predicted octanol–water partition coefficient (Wildman–Crippen LogP) is 3.10. The average molecular weight is 328 g/mol. The summed E-state index contributed by atoms with van der Waals surface area (Å²) in [6, 6.07) is 4.94. The van der Waals surface area contributed by atoms with Crippen LogP contribution in [0.3, 0.4) is 0 Å². The molecular weight excluding hydrogens is 318 g/mol. The average Bonchev–Trinajstić information content (AvgIpc) is 2.82. The van der Waals surface area contributed by atoms with Gasteiger partial charge in [-0.15, -0.1) is 11.3 Å². The lowest BCUT2D eigenvalue weighted by Crippen LogP contribution is -2.13. The van der Waals surface area contributed by atoms with Crippen LogP contribution in [-0.2, 0) is 13.1 Å². The van der Waals surface area contributed by atoms with Gasteiger partial charge in [-0.3, -0.25) is 15.1 Å². The van der Waals surface area contributed by atoms with Crippen LogP contribution in [0.25, 0.3) is 0 Å². The van der Waals surface area contributed by atoms with Gasteiger partial charge in [-0.1, -0.05) is 15.9 Å². The van der Waals surface area contributed by atoms with Crippen LogP contribution in [0.15, 0.2) is 34.4 Å². The first-order chi connectivity index (χ1) is 8.66. The molecule has 0 radical (unpaired) electrons. The number of rotatable bonds is 5. The molecule has 0 aliphatic rings. The second kappa shape index (κ2) is 6.03. The van der Waals surface area contributed by atoms with Crippen LogP contribution in [0.4, 0.5) is 5.69 Å². The van der Waals surface area contributed by atoms with Gasteiger partial charge in [0.15, 0.2) is 0 Å². The topological polar surface area (TPSA) is 68.1 Å². The Morgan fingerprint density at radius 1 is 1.44 bits per heavy atom. The highest BCUT2D eigenvalue weighted by atomic mass is 79.9. The Hall–Kier alpha value is -1.31. The Balaban J connectivity index is 2.03. The molecule has 1 aromatic heterocycles. The largest absolute Gasteiger partial charge is 0.307 e. The lowest BCUT2D eigenvalue weighted by molar-refractivity contribution is -0.385. The van der Waals surface area contributed by atoms with E-state index in [1.165, 1.54) is 6.07 Å². The highest BCUT2D eigenvalue weighted by Crippen LogP contribution is 2.23. The molecule has 1 N–H and O–H groups in total. The molecule has 0 amide bonds. The van der Waals surface area contributed by atoms with E-state index in [1.54, 1.807) is 35.2 Å². The number of nitro benzene ring substituents is 1. The minimum absolute atomic E-state index is 0.134. The van der Waals surface area contributed by atoms with Crippen molar-refractivity contribution in [2.45, 2.75) is 13.1 Å². The van der Waals surface area contributed by atoms with Crippen molar-refractivity contribution in [1.29, 1.82) is 0 Å². The normalized spacial score (nSPS) is 10.5. The lowest BCUT2D eigenvalue weighted by Gasteiger charge is -2.05. The Morgan fingerprint density at radius 3 is 2.94 bits per heavy atom. The highest BCUT2D eigenvalue weighted by molar-refractivity contribution is 9.10. The van der Waals surface area contributed by atoms with Crippen LogP contribution in [0, 0.1) is 10.1 Å². The molecule has 0 saturated heterocycles. The fraction of sp³-hybridized carbons (Fsp3) is 0.182. The number of thiazole rings is 1. The number of benzene rings is 1. The summed E-state index contributed by atoms with van der Waals surface area (Å²) in [6.45, 7) is 1.11. The molecular formula is C11H10BrN3O2S. The summed E-state index contributed by atoms with van der Waals surface area (Å²) in [4.78, 5) is 15.6. The number of nitrogens with one attached hydrogen (secondary N) is 1. The molecule has 0 saturated carbocycles. The van der Waals surface area contributed by atoms with Gasteiger partial charge in [0.25, 0.3) is 5.69 Å². The fourth-order valence-electron chi connectivity index (χ4n) is 1.52. The molecule has 0 fully saturated rings. The molecule has 0 bridgehead atoms.